The molecule has 0 bridgehead atoms. The van der Waals surface area contributed by atoms with Crippen molar-refractivity contribution in [2.24, 2.45) is 5.92 Å². The zero-order valence-electron chi connectivity index (χ0n) is 10.9. The highest BCUT2D eigenvalue weighted by Gasteiger charge is 2.30. The second-order valence-corrected chi connectivity index (χ2v) is 5.45. The lowest BCUT2D eigenvalue weighted by Gasteiger charge is -2.40. The molecule has 0 aromatic heterocycles. The highest BCUT2D eigenvalue weighted by atomic mass is 16.5. The zero-order valence-corrected chi connectivity index (χ0v) is 10.9. The Labute approximate surface area is 99.5 Å². The molecule has 0 aliphatic carbocycles. The van der Waals surface area contributed by atoms with Crippen molar-refractivity contribution in [2.45, 2.75) is 51.8 Å². The smallest absolute Gasteiger partial charge is 0.0674 e. The first-order valence-corrected chi connectivity index (χ1v) is 6.79. The van der Waals surface area contributed by atoms with Crippen LogP contribution < -0.4 is 5.32 Å². The lowest BCUT2D eigenvalue weighted by molar-refractivity contribution is -0.0608. The SMILES string of the molecule is CCC1COC(C)CN1CC1CCNC1C. The van der Waals surface area contributed by atoms with Gasteiger partial charge in [-0.3, -0.25) is 4.90 Å². The van der Waals surface area contributed by atoms with Crippen LogP contribution in [0, 0.1) is 5.92 Å². The van der Waals surface area contributed by atoms with Crippen LogP contribution in [0.2, 0.25) is 0 Å². The van der Waals surface area contributed by atoms with Gasteiger partial charge in [0.2, 0.25) is 0 Å². The number of rotatable bonds is 3. The van der Waals surface area contributed by atoms with E-state index >= 15 is 0 Å². The summed E-state index contributed by atoms with van der Waals surface area (Å²) in [6, 6.07) is 1.33. The third-order valence-electron chi connectivity index (χ3n) is 4.21. The van der Waals surface area contributed by atoms with Gasteiger partial charge in [0, 0.05) is 25.2 Å². The molecule has 2 fully saturated rings. The lowest BCUT2D eigenvalue weighted by Crippen LogP contribution is -2.50. The van der Waals surface area contributed by atoms with Crippen molar-refractivity contribution >= 4 is 0 Å². The van der Waals surface area contributed by atoms with Gasteiger partial charge in [-0.15, -0.1) is 0 Å². The Bertz CT molecular complexity index is 222. The predicted molar refractivity (Wildman–Crippen MR) is 66.6 cm³/mol. The number of hydrogen-bond donors (Lipinski definition) is 1. The maximum Gasteiger partial charge on any atom is 0.0674 e. The summed E-state index contributed by atoms with van der Waals surface area (Å²) in [6.45, 7) is 11.3. The summed E-state index contributed by atoms with van der Waals surface area (Å²) in [4.78, 5) is 2.66. The van der Waals surface area contributed by atoms with E-state index in [1.165, 1.54) is 25.9 Å². The summed E-state index contributed by atoms with van der Waals surface area (Å²) < 4.78 is 5.75. The van der Waals surface area contributed by atoms with Gasteiger partial charge in [-0.1, -0.05) is 6.92 Å². The van der Waals surface area contributed by atoms with Gasteiger partial charge in [0.1, 0.15) is 0 Å². The molecule has 94 valence electrons. The molecular formula is C13H26N2O. The first kappa shape index (κ1) is 12.3. The number of ether oxygens (including phenoxy) is 1. The molecule has 16 heavy (non-hydrogen) atoms. The molecule has 3 nitrogen and oxygen atoms in total. The minimum atomic E-state index is 0.410. The molecule has 4 unspecified atom stereocenters. The Balaban J connectivity index is 1.89. The monoisotopic (exact) mass is 226 g/mol. The van der Waals surface area contributed by atoms with Crippen LogP contribution in [0.3, 0.4) is 0 Å². The zero-order chi connectivity index (χ0) is 11.5. The Morgan fingerprint density at radius 3 is 2.81 bits per heavy atom. The van der Waals surface area contributed by atoms with E-state index in [1.54, 1.807) is 0 Å². The van der Waals surface area contributed by atoms with Gasteiger partial charge in [0.15, 0.2) is 0 Å². The molecule has 3 heteroatoms. The highest BCUT2D eigenvalue weighted by Crippen LogP contribution is 2.21. The van der Waals surface area contributed by atoms with E-state index in [4.69, 9.17) is 4.74 Å². The fourth-order valence-corrected chi connectivity index (χ4v) is 2.98. The molecule has 1 N–H and O–H groups in total. The number of hydrogen-bond acceptors (Lipinski definition) is 3. The molecular weight excluding hydrogens is 200 g/mol. The minimum absolute atomic E-state index is 0.410. The fraction of sp³-hybridized carbons (Fsp3) is 1.00. The molecule has 2 saturated heterocycles. The topological polar surface area (TPSA) is 24.5 Å². The largest absolute Gasteiger partial charge is 0.376 e. The Kier molecular flexibility index (Phi) is 4.22. The lowest BCUT2D eigenvalue weighted by atomic mass is 9.99. The molecule has 2 rings (SSSR count). The molecule has 0 aromatic carbocycles. The van der Waals surface area contributed by atoms with Crippen LogP contribution in [0.5, 0.6) is 0 Å². The van der Waals surface area contributed by atoms with E-state index in [9.17, 15) is 0 Å². The third-order valence-corrected chi connectivity index (χ3v) is 4.21. The molecule has 0 saturated carbocycles. The molecule has 0 spiro atoms. The maximum absolute atomic E-state index is 5.75. The summed E-state index contributed by atoms with van der Waals surface area (Å²) in [5, 5.41) is 3.55. The van der Waals surface area contributed by atoms with E-state index < -0.39 is 0 Å². The second-order valence-electron chi connectivity index (χ2n) is 5.45. The van der Waals surface area contributed by atoms with E-state index in [1.807, 2.05) is 0 Å². The van der Waals surface area contributed by atoms with Crippen LogP contribution in [-0.4, -0.2) is 49.3 Å². The van der Waals surface area contributed by atoms with Gasteiger partial charge >= 0.3 is 0 Å². The van der Waals surface area contributed by atoms with Gasteiger partial charge in [0.05, 0.1) is 12.7 Å². The molecule has 0 aromatic rings. The number of morpholine rings is 1. The summed E-state index contributed by atoms with van der Waals surface area (Å²) in [5.74, 6) is 0.833. The third kappa shape index (κ3) is 2.76. The van der Waals surface area contributed by atoms with Crippen LogP contribution in [0.4, 0.5) is 0 Å². The normalized spacial score (nSPS) is 41.4. The van der Waals surface area contributed by atoms with Gasteiger partial charge in [-0.25, -0.2) is 0 Å². The number of nitrogens with zero attached hydrogens (tertiary/aromatic N) is 1. The van der Waals surface area contributed by atoms with Gasteiger partial charge in [-0.05, 0) is 39.2 Å². The first-order chi connectivity index (χ1) is 7.70. The Morgan fingerprint density at radius 1 is 1.38 bits per heavy atom. The average molecular weight is 226 g/mol. The summed E-state index contributed by atoms with van der Waals surface area (Å²) >= 11 is 0. The quantitative estimate of drug-likeness (QED) is 0.789. The van der Waals surface area contributed by atoms with Crippen molar-refractivity contribution in [1.29, 1.82) is 0 Å². The first-order valence-electron chi connectivity index (χ1n) is 6.79. The molecule has 0 amide bonds. The molecule has 0 radical (unpaired) electrons. The van der Waals surface area contributed by atoms with E-state index in [0.717, 1.165) is 19.1 Å². The predicted octanol–water partition coefficient (Wildman–Crippen LogP) is 1.48. The van der Waals surface area contributed by atoms with E-state index in [-0.39, 0.29) is 0 Å². The fourth-order valence-electron chi connectivity index (χ4n) is 2.98. The van der Waals surface area contributed by atoms with Gasteiger partial charge in [-0.2, -0.15) is 0 Å². The molecule has 2 aliphatic heterocycles. The Hall–Kier alpha value is -0.120. The standard InChI is InChI=1S/C13H26N2O/c1-4-13-9-16-10(2)7-15(13)8-12-5-6-14-11(12)3/h10-14H,4-9H2,1-3H3. The van der Waals surface area contributed by atoms with Crippen molar-refractivity contribution in [3.63, 3.8) is 0 Å². The summed E-state index contributed by atoms with van der Waals surface area (Å²) in [6.07, 6.45) is 2.96. The minimum Gasteiger partial charge on any atom is -0.376 e. The van der Waals surface area contributed by atoms with Gasteiger partial charge in [0.25, 0.3) is 0 Å². The van der Waals surface area contributed by atoms with Crippen LogP contribution in [0.1, 0.15) is 33.6 Å². The Morgan fingerprint density at radius 2 is 2.19 bits per heavy atom. The van der Waals surface area contributed by atoms with Crippen LogP contribution in [0.15, 0.2) is 0 Å². The summed E-state index contributed by atoms with van der Waals surface area (Å²) in [7, 11) is 0. The molecule has 2 heterocycles. The molecule has 2 aliphatic rings. The second kappa shape index (κ2) is 5.48. The number of nitrogens with one attached hydrogen (secondary N) is 1. The van der Waals surface area contributed by atoms with Gasteiger partial charge < -0.3 is 10.1 Å². The van der Waals surface area contributed by atoms with Crippen LogP contribution >= 0.6 is 0 Å². The molecule has 4 atom stereocenters. The van der Waals surface area contributed by atoms with Crippen LogP contribution in [-0.2, 0) is 4.74 Å². The van der Waals surface area contributed by atoms with Crippen molar-refractivity contribution < 1.29 is 4.74 Å². The van der Waals surface area contributed by atoms with Crippen molar-refractivity contribution in [1.82, 2.24) is 10.2 Å². The van der Waals surface area contributed by atoms with Crippen molar-refractivity contribution in [3.8, 4) is 0 Å². The average Bonchev–Trinajstić information content (AvgIpc) is 2.65. The van der Waals surface area contributed by atoms with Crippen molar-refractivity contribution in [3.05, 3.63) is 0 Å². The maximum atomic E-state index is 5.75. The summed E-state index contributed by atoms with van der Waals surface area (Å²) in [5.41, 5.74) is 0. The highest BCUT2D eigenvalue weighted by molar-refractivity contribution is 4.86. The van der Waals surface area contributed by atoms with Crippen LogP contribution in [0.25, 0.3) is 0 Å². The van der Waals surface area contributed by atoms with E-state index in [2.05, 4.69) is 31.0 Å². The van der Waals surface area contributed by atoms with Crippen molar-refractivity contribution in [2.75, 3.05) is 26.2 Å². The van der Waals surface area contributed by atoms with E-state index in [0.29, 0.717) is 18.2 Å².